The lowest BCUT2D eigenvalue weighted by Gasteiger charge is -2.23. The van der Waals surface area contributed by atoms with Gasteiger partial charge in [-0.1, -0.05) is 60.7 Å². The highest BCUT2D eigenvalue weighted by molar-refractivity contribution is 6.31. The van der Waals surface area contributed by atoms with Crippen LogP contribution in [0.15, 0.2) is 91.3 Å². The molecule has 1 aliphatic rings. The molecule has 3 aromatic carbocycles. The first-order valence-electron chi connectivity index (χ1n) is 14.1. The number of alkyl carbamates (subject to hydrolysis) is 2. The minimum atomic E-state index is -0.568. The Kier molecular flexibility index (Phi) is 9.78. The summed E-state index contributed by atoms with van der Waals surface area (Å²) >= 11 is 0. The third-order valence-electron chi connectivity index (χ3n) is 6.81. The molecule has 11 nitrogen and oxygen atoms in total. The van der Waals surface area contributed by atoms with E-state index in [2.05, 4.69) is 26.3 Å². The first kappa shape index (κ1) is 29.8. The Bertz CT molecular complexity index is 1520. The third-order valence-corrected chi connectivity index (χ3v) is 6.81. The van der Waals surface area contributed by atoms with Gasteiger partial charge in [-0.3, -0.25) is 14.6 Å². The first-order chi connectivity index (χ1) is 21.5. The summed E-state index contributed by atoms with van der Waals surface area (Å²) in [4.78, 5) is 55.4. The van der Waals surface area contributed by atoms with Gasteiger partial charge >= 0.3 is 12.2 Å². The van der Waals surface area contributed by atoms with E-state index in [0.717, 1.165) is 11.1 Å². The molecule has 0 radical (unpaired) electrons. The summed E-state index contributed by atoms with van der Waals surface area (Å²) < 4.78 is 10.5. The van der Waals surface area contributed by atoms with Gasteiger partial charge in [0.05, 0.1) is 16.7 Å². The summed E-state index contributed by atoms with van der Waals surface area (Å²) in [5.74, 6) is -0.660. The van der Waals surface area contributed by atoms with E-state index < -0.39 is 12.2 Å². The Morgan fingerprint density at radius 2 is 1.07 bits per heavy atom. The fraction of sp³-hybridized carbons (Fsp3) is 0.182. The number of anilines is 2. The molecule has 44 heavy (non-hydrogen) atoms. The predicted octanol–water partition coefficient (Wildman–Crippen LogP) is 4.53. The highest BCUT2D eigenvalue weighted by Crippen LogP contribution is 2.36. The highest BCUT2D eigenvalue weighted by atomic mass is 16.6. The van der Waals surface area contributed by atoms with Crippen molar-refractivity contribution in [1.29, 1.82) is 0 Å². The maximum absolute atomic E-state index is 13.6. The number of aromatic nitrogens is 1. The molecule has 4 aromatic rings. The molecule has 5 rings (SSSR count). The summed E-state index contributed by atoms with van der Waals surface area (Å²) in [5.41, 5.74) is 3.56. The lowest BCUT2D eigenvalue weighted by molar-refractivity contribution is 0.0980. The third kappa shape index (κ3) is 7.37. The van der Waals surface area contributed by atoms with Crippen LogP contribution < -0.4 is 21.3 Å². The zero-order valence-corrected chi connectivity index (χ0v) is 23.8. The van der Waals surface area contributed by atoms with E-state index in [0.29, 0.717) is 11.4 Å². The van der Waals surface area contributed by atoms with Gasteiger partial charge < -0.3 is 30.7 Å². The number of pyridine rings is 1. The number of nitrogens with one attached hydrogen (secondary N) is 4. The standard InChI is InChI=1S/C33H31N5O6/c39-30-24-13-14-34-19-25(24)31(40)29-27(36-16-18-38-33(42)44-21-23-9-5-2-6-10-23)12-11-26(28(29)30)35-15-17-37-32(41)43-20-22-7-3-1-4-8-22/h1-14,19,35-36H,15-18,20-21H2,(H,37,41)(H,38,42). The Balaban J connectivity index is 1.19. The molecule has 0 atom stereocenters. The molecule has 0 fully saturated rings. The number of amides is 2. The van der Waals surface area contributed by atoms with Gasteiger partial charge in [-0.15, -0.1) is 0 Å². The summed E-state index contributed by atoms with van der Waals surface area (Å²) in [6.07, 6.45) is 1.72. The van der Waals surface area contributed by atoms with Gasteiger partial charge in [-0.25, -0.2) is 9.59 Å². The molecule has 224 valence electrons. The van der Waals surface area contributed by atoms with E-state index >= 15 is 0 Å². The normalized spacial score (nSPS) is 11.5. The molecule has 1 aromatic heterocycles. The topological polar surface area (TPSA) is 148 Å². The number of hydrogen-bond donors (Lipinski definition) is 4. The van der Waals surface area contributed by atoms with Crippen LogP contribution in [-0.2, 0) is 22.7 Å². The average molecular weight is 594 g/mol. The van der Waals surface area contributed by atoms with Crippen LogP contribution in [0.2, 0.25) is 0 Å². The lowest BCUT2D eigenvalue weighted by atomic mass is 9.83. The number of fused-ring (bicyclic) bond motifs is 2. The number of benzene rings is 3. The number of ketones is 2. The van der Waals surface area contributed by atoms with E-state index in [1.807, 2.05) is 60.7 Å². The molecule has 0 bridgehead atoms. The van der Waals surface area contributed by atoms with E-state index in [4.69, 9.17) is 9.47 Å². The maximum Gasteiger partial charge on any atom is 0.407 e. The number of hydrogen-bond acceptors (Lipinski definition) is 9. The van der Waals surface area contributed by atoms with Crippen LogP contribution in [0.5, 0.6) is 0 Å². The Hall–Kier alpha value is -5.71. The van der Waals surface area contributed by atoms with Crippen LogP contribution in [0, 0.1) is 0 Å². The fourth-order valence-corrected chi connectivity index (χ4v) is 4.68. The van der Waals surface area contributed by atoms with Crippen molar-refractivity contribution in [2.45, 2.75) is 13.2 Å². The average Bonchev–Trinajstić information content (AvgIpc) is 3.06. The first-order valence-corrected chi connectivity index (χ1v) is 14.1. The smallest absolute Gasteiger partial charge is 0.407 e. The molecule has 0 aliphatic heterocycles. The number of nitrogens with zero attached hydrogens (tertiary/aromatic N) is 1. The van der Waals surface area contributed by atoms with Crippen molar-refractivity contribution in [3.05, 3.63) is 125 Å². The molecule has 1 heterocycles. The fourth-order valence-electron chi connectivity index (χ4n) is 4.68. The minimum absolute atomic E-state index is 0.149. The second-order valence-electron chi connectivity index (χ2n) is 9.82. The molecule has 11 heteroatoms. The number of carbonyl (C=O) groups is 4. The van der Waals surface area contributed by atoms with Crippen LogP contribution in [0.3, 0.4) is 0 Å². The molecule has 2 amide bonds. The molecule has 0 saturated heterocycles. The Morgan fingerprint density at radius 3 is 1.57 bits per heavy atom. The van der Waals surface area contributed by atoms with E-state index in [9.17, 15) is 19.2 Å². The Labute approximate surface area is 254 Å². The van der Waals surface area contributed by atoms with Crippen molar-refractivity contribution < 1.29 is 28.7 Å². The van der Waals surface area contributed by atoms with E-state index in [1.165, 1.54) is 18.5 Å². The van der Waals surface area contributed by atoms with Gasteiger partial charge in [0.15, 0.2) is 11.6 Å². The van der Waals surface area contributed by atoms with Crippen LogP contribution in [0.4, 0.5) is 21.0 Å². The van der Waals surface area contributed by atoms with Gasteiger partial charge in [-0.05, 0) is 29.3 Å². The zero-order chi connectivity index (χ0) is 30.7. The predicted molar refractivity (Wildman–Crippen MR) is 164 cm³/mol. The molecular weight excluding hydrogens is 562 g/mol. The second kappa shape index (κ2) is 14.5. The van der Waals surface area contributed by atoms with Crippen LogP contribution >= 0.6 is 0 Å². The summed E-state index contributed by atoms with van der Waals surface area (Å²) in [7, 11) is 0. The quantitative estimate of drug-likeness (QED) is 0.153. The molecule has 0 spiro atoms. The van der Waals surface area contributed by atoms with Crippen LogP contribution in [-0.4, -0.2) is 54.9 Å². The van der Waals surface area contributed by atoms with Gasteiger partial charge in [-0.2, -0.15) is 0 Å². The van der Waals surface area contributed by atoms with Crippen molar-refractivity contribution in [3.8, 4) is 0 Å². The van der Waals surface area contributed by atoms with Crippen molar-refractivity contribution in [1.82, 2.24) is 15.6 Å². The van der Waals surface area contributed by atoms with Gasteiger partial charge in [0.2, 0.25) is 0 Å². The van der Waals surface area contributed by atoms with Gasteiger partial charge in [0.1, 0.15) is 13.2 Å². The molecular formula is C33H31N5O6. The van der Waals surface area contributed by atoms with Crippen molar-refractivity contribution in [2.75, 3.05) is 36.8 Å². The summed E-state index contributed by atoms with van der Waals surface area (Å²) in [6.45, 7) is 1.29. The maximum atomic E-state index is 13.6. The van der Waals surface area contributed by atoms with Crippen LogP contribution in [0.1, 0.15) is 43.0 Å². The molecule has 0 unspecified atom stereocenters. The molecule has 0 saturated carbocycles. The zero-order valence-electron chi connectivity index (χ0n) is 23.8. The highest BCUT2D eigenvalue weighted by Gasteiger charge is 2.34. The summed E-state index contributed by atoms with van der Waals surface area (Å²) in [5, 5.41) is 11.7. The van der Waals surface area contributed by atoms with E-state index in [1.54, 1.807) is 12.1 Å². The Morgan fingerprint density at radius 1 is 0.591 bits per heavy atom. The molecule has 1 aliphatic carbocycles. The minimum Gasteiger partial charge on any atom is -0.445 e. The van der Waals surface area contributed by atoms with E-state index in [-0.39, 0.29) is 73.2 Å². The number of ether oxygens (including phenoxy) is 2. The van der Waals surface area contributed by atoms with Gasteiger partial charge in [0.25, 0.3) is 0 Å². The lowest BCUT2D eigenvalue weighted by Crippen LogP contribution is -2.31. The van der Waals surface area contributed by atoms with Crippen molar-refractivity contribution >= 4 is 35.1 Å². The SMILES string of the molecule is O=C(NCCNc1ccc(NCCNC(=O)OCc2ccccc2)c2c1C(=O)c1ccncc1C2=O)OCc1ccccc1. The van der Waals surface area contributed by atoms with Crippen LogP contribution in [0.25, 0.3) is 0 Å². The summed E-state index contributed by atoms with van der Waals surface area (Å²) in [6, 6.07) is 23.6. The largest absolute Gasteiger partial charge is 0.445 e. The number of rotatable bonds is 12. The van der Waals surface area contributed by atoms with Crippen molar-refractivity contribution in [2.24, 2.45) is 0 Å². The molecule has 4 N–H and O–H groups in total. The van der Waals surface area contributed by atoms with Gasteiger partial charge in [0, 0.05) is 55.5 Å². The number of carbonyl (C=O) groups excluding carboxylic acids is 4. The monoisotopic (exact) mass is 593 g/mol. The second-order valence-corrected chi connectivity index (χ2v) is 9.82. The van der Waals surface area contributed by atoms with Crippen molar-refractivity contribution in [3.63, 3.8) is 0 Å².